The summed E-state index contributed by atoms with van der Waals surface area (Å²) in [6, 6.07) is 9.48. The molecule has 1 aromatic rings. The van der Waals surface area contributed by atoms with E-state index in [1.807, 2.05) is 0 Å². The van der Waals surface area contributed by atoms with E-state index in [1.54, 1.807) is 0 Å². The molecular weight excluding hydrogens is 357 g/mol. The van der Waals surface area contributed by atoms with Gasteiger partial charge in [-0.1, -0.05) is 64.5 Å². The molecule has 0 saturated heterocycles. The molecule has 0 aliphatic carbocycles. The largest absolute Gasteiger partial charge is 0.310 e. The first kappa shape index (κ1) is 18.0. The van der Waals surface area contributed by atoms with E-state index in [4.69, 9.17) is 0 Å². The van der Waals surface area contributed by atoms with Crippen LogP contribution in [0.3, 0.4) is 0 Å². The van der Waals surface area contributed by atoms with Gasteiger partial charge in [0.2, 0.25) is 0 Å². The van der Waals surface area contributed by atoms with E-state index < -0.39 is 0 Å². The summed E-state index contributed by atoms with van der Waals surface area (Å²) in [5.74, 6) is 0. The van der Waals surface area contributed by atoms with Crippen molar-refractivity contribution in [3.05, 3.63) is 33.4 Å². The van der Waals surface area contributed by atoms with Crippen molar-refractivity contribution in [2.75, 3.05) is 6.54 Å². The topological polar surface area (TPSA) is 12.0 Å². The molecular formula is C18H30IN. The smallest absolute Gasteiger partial charge is 0.0320 e. The zero-order valence-electron chi connectivity index (χ0n) is 13.1. The van der Waals surface area contributed by atoms with E-state index >= 15 is 0 Å². The van der Waals surface area contributed by atoms with Crippen molar-refractivity contribution in [2.24, 2.45) is 0 Å². The molecule has 0 radical (unpaired) electrons. The Morgan fingerprint density at radius 3 is 2.45 bits per heavy atom. The quantitative estimate of drug-likeness (QED) is 0.358. The molecule has 0 aliphatic rings. The fraction of sp³-hybridized carbons (Fsp3) is 0.667. The number of nitrogens with one attached hydrogen (secondary N) is 1. The Bertz CT molecular complexity index is 351. The number of benzene rings is 1. The highest BCUT2D eigenvalue weighted by Crippen LogP contribution is 2.22. The lowest BCUT2D eigenvalue weighted by Gasteiger charge is -2.19. The summed E-state index contributed by atoms with van der Waals surface area (Å²) < 4.78 is 1.34. The lowest BCUT2D eigenvalue weighted by atomic mass is 9.99. The number of unbranched alkanes of at least 4 members (excludes halogenated alkanes) is 5. The van der Waals surface area contributed by atoms with Gasteiger partial charge in [-0.15, -0.1) is 0 Å². The predicted octanol–water partition coefficient (Wildman–Crippen LogP) is 6.08. The molecule has 0 bridgehead atoms. The lowest BCUT2D eigenvalue weighted by Crippen LogP contribution is -2.22. The normalized spacial score (nSPS) is 12.6. The Hall–Kier alpha value is -0.0900. The highest BCUT2D eigenvalue weighted by Gasteiger charge is 2.10. The second-order valence-electron chi connectivity index (χ2n) is 5.62. The molecule has 1 unspecified atom stereocenters. The van der Waals surface area contributed by atoms with E-state index in [0.29, 0.717) is 6.04 Å². The van der Waals surface area contributed by atoms with Gasteiger partial charge in [0.15, 0.2) is 0 Å². The summed E-state index contributed by atoms with van der Waals surface area (Å²) in [5.41, 5.74) is 1.46. The Morgan fingerprint density at radius 2 is 1.75 bits per heavy atom. The Labute approximate surface area is 139 Å². The molecule has 0 amide bonds. The predicted molar refractivity (Wildman–Crippen MR) is 98.2 cm³/mol. The summed E-state index contributed by atoms with van der Waals surface area (Å²) in [6.45, 7) is 5.64. The van der Waals surface area contributed by atoms with Gasteiger partial charge < -0.3 is 5.32 Å². The molecule has 0 heterocycles. The van der Waals surface area contributed by atoms with Crippen molar-refractivity contribution in [1.29, 1.82) is 0 Å². The minimum absolute atomic E-state index is 0.538. The molecule has 1 atom stereocenters. The van der Waals surface area contributed by atoms with Crippen LogP contribution in [0.15, 0.2) is 24.3 Å². The van der Waals surface area contributed by atoms with Gasteiger partial charge in [0, 0.05) is 9.61 Å². The first-order valence-electron chi connectivity index (χ1n) is 8.26. The van der Waals surface area contributed by atoms with Crippen molar-refractivity contribution in [3.8, 4) is 0 Å². The standard InChI is InChI=1S/C18H30IN/c1-3-5-6-7-8-9-13-18(20-14-4-2)16-11-10-12-17(19)15-16/h10-12,15,18,20H,3-9,13-14H2,1-2H3. The summed E-state index contributed by atoms with van der Waals surface area (Å²) in [6.07, 6.45) is 10.7. The SMILES string of the molecule is CCCCCCCCC(NCCC)c1cccc(I)c1. The van der Waals surface area contributed by atoms with E-state index in [-0.39, 0.29) is 0 Å². The summed E-state index contributed by atoms with van der Waals surface area (Å²) in [4.78, 5) is 0. The fourth-order valence-corrected chi connectivity index (χ4v) is 3.12. The molecule has 1 rings (SSSR count). The minimum Gasteiger partial charge on any atom is -0.310 e. The van der Waals surface area contributed by atoms with Crippen LogP contribution >= 0.6 is 22.6 Å². The van der Waals surface area contributed by atoms with Gasteiger partial charge >= 0.3 is 0 Å². The van der Waals surface area contributed by atoms with Crippen LogP contribution in [0.4, 0.5) is 0 Å². The van der Waals surface area contributed by atoms with Crippen LogP contribution in [0.1, 0.15) is 76.8 Å². The molecule has 0 spiro atoms. The van der Waals surface area contributed by atoms with Crippen LogP contribution in [0, 0.1) is 3.57 Å². The van der Waals surface area contributed by atoms with Gasteiger partial charge in [-0.3, -0.25) is 0 Å². The van der Waals surface area contributed by atoms with Crippen molar-refractivity contribution < 1.29 is 0 Å². The third-order valence-electron chi connectivity index (χ3n) is 3.74. The molecule has 114 valence electrons. The van der Waals surface area contributed by atoms with Crippen LogP contribution < -0.4 is 5.32 Å². The summed E-state index contributed by atoms with van der Waals surface area (Å²) >= 11 is 2.41. The van der Waals surface area contributed by atoms with E-state index in [2.05, 4.69) is 66.0 Å². The van der Waals surface area contributed by atoms with Crippen molar-refractivity contribution in [2.45, 2.75) is 71.3 Å². The molecule has 0 fully saturated rings. The molecule has 2 heteroatoms. The number of halogens is 1. The maximum Gasteiger partial charge on any atom is 0.0320 e. The van der Waals surface area contributed by atoms with Crippen LogP contribution in [0.25, 0.3) is 0 Å². The number of hydrogen-bond donors (Lipinski definition) is 1. The summed E-state index contributed by atoms with van der Waals surface area (Å²) in [5, 5.41) is 3.71. The van der Waals surface area contributed by atoms with Crippen molar-refractivity contribution >= 4 is 22.6 Å². The molecule has 1 N–H and O–H groups in total. The molecule has 0 saturated carbocycles. The van der Waals surface area contributed by atoms with Crippen molar-refractivity contribution in [1.82, 2.24) is 5.32 Å². The van der Waals surface area contributed by atoms with E-state index in [1.165, 1.54) is 60.5 Å². The average Bonchev–Trinajstić information content (AvgIpc) is 2.45. The summed E-state index contributed by atoms with van der Waals surface area (Å²) in [7, 11) is 0. The number of rotatable bonds is 11. The molecule has 0 aromatic heterocycles. The third-order valence-corrected chi connectivity index (χ3v) is 4.41. The Kier molecular flexibility index (Phi) is 10.4. The second kappa shape index (κ2) is 11.6. The first-order chi connectivity index (χ1) is 9.77. The van der Waals surface area contributed by atoms with Gasteiger partial charge in [0.25, 0.3) is 0 Å². The van der Waals surface area contributed by atoms with Crippen LogP contribution in [0.2, 0.25) is 0 Å². The van der Waals surface area contributed by atoms with Crippen LogP contribution in [0.5, 0.6) is 0 Å². The molecule has 0 aliphatic heterocycles. The fourth-order valence-electron chi connectivity index (χ4n) is 2.56. The average molecular weight is 387 g/mol. The molecule has 1 nitrogen and oxygen atoms in total. The maximum absolute atomic E-state index is 3.71. The van der Waals surface area contributed by atoms with E-state index in [9.17, 15) is 0 Å². The van der Waals surface area contributed by atoms with Gasteiger partial charge in [-0.25, -0.2) is 0 Å². The first-order valence-corrected chi connectivity index (χ1v) is 9.34. The van der Waals surface area contributed by atoms with Crippen molar-refractivity contribution in [3.63, 3.8) is 0 Å². The van der Waals surface area contributed by atoms with Crippen LogP contribution in [-0.2, 0) is 0 Å². The third kappa shape index (κ3) is 7.63. The maximum atomic E-state index is 3.71. The Balaban J connectivity index is 2.40. The second-order valence-corrected chi connectivity index (χ2v) is 6.86. The lowest BCUT2D eigenvalue weighted by molar-refractivity contribution is 0.466. The molecule has 1 aromatic carbocycles. The van der Waals surface area contributed by atoms with Gasteiger partial charge in [-0.2, -0.15) is 0 Å². The monoisotopic (exact) mass is 387 g/mol. The zero-order chi connectivity index (χ0) is 14.6. The van der Waals surface area contributed by atoms with Gasteiger partial charge in [-0.05, 0) is 59.7 Å². The highest BCUT2D eigenvalue weighted by molar-refractivity contribution is 14.1. The van der Waals surface area contributed by atoms with Gasteiger partial charge in [0.05, 0.1) is 0 Å². The minimum atomic E-state index is 0.538. The Morgan fingerprint density at radius 1 is 1.00 bits per heavy atom. The zero-order valence-corrected chi connectivity index (χ0v) is 15.3. The van der Waals surface area contributed by atoms with E-state index in [0.717, 1.165) is 6.54 Å². The van der Waals surface area contributed by atoms with Gasteiger partial charge in [0.1, 0.15) is 0 Å². The highest BCUT2D eigenvalue weighted by atomic mass is 127. The van der Waals surface area contributed by atoms with Crippen LogP contribution in [-0.4, -0.2) is 6.54 Å². The number of hydrogen-bond acceptors (Lipinski definition) is 1. The molecule has 20 heavy (non-hydrogen) atoms.